The lowest BCUT2D eigenvalue weighted by molar-refractivity contribution is -0.137. The van der Waals surface area contributed by atoms with Gasteiger partial charge in [0.1, 0.15) is 23.6 Å². The molecule has 2 aromatic heterocycles. The van der Waals surface area contributed by atoms with E-state index in [4.69, 9.17) is 16.0 Å². The lowest BCUT2D eigenvalue weighted by atomic mass is 10.2. The van der Waals surface area contributed by atoms with Gasteiger partial charge in [0.15, 0.2) is 0 Å². The maximum absolute atomic E-state index is 12.9. The van der Waals surface area contributed by atoms with E-state index in [2.05, 4.69) is 20.6 Å². The third-order valence-electron chi connectivity index (χ3n) is 3.46. The fraction of sp³-hybridized carbons (Fsp3) is 0.118. The molecule has 0 aliphatic heterocycles. The minimum Gasteiger partial charge on any atom is -0.467 e. The van der Waals surface area contributed by atoms with Gasteiger partial charge in [-0.3, -0.25) is 4.79 Å². The second-order valence-electron chi connectivity index (χ2n) is 5.37. The third-order valence-corrected chi connectivity index (χ3v) is 3.79. The van der Waals surface area contributed by atoms with E-state index in [9.17, 15) is 18.0 Å². The van der Waals surface area contributed by atoms with Crippen molar-refractivity contribution in [2.45, 2.75) is 12.7 Å². The van der Waals surface area contributed by atoms with Crippen LogP contribution in [-0.2, 0) is 12.7 Å². The molecule has 10 heteroatoms. The molecular formula is C17H12ClF3N4O2. The number of amides is 1. The molecule has 0 fully saturated rings. The minimum atomic E-state index is -4.51. The van der Waals surface area contributed by atoms with Crippen LogP contribution in [0.25, 0.3) is 0 Å². The Hall–Kier alpha value is -3.07. The molecule has 0 aliphatic carbocycles. The molecule has 3 aromatic rings. The van der Waals surface area contributed by atoms with E-state index >= 15 is 0 Å². The number of hydrogen-bond donors (Lipinski definition) is 2. The molecule has 0 bridgehead atoms. The number of hydrogen-bond acceptors (Lipinski definition) is 5. The highest BCUT2D eigenvalue weighted by Crippen LogP contribution is 2.34. The number of halogens is 4. The molecule has 6 nitrogen and oxygen atoms in total. The van der Waals surface area contributed by atoms with Gasteiger partial charge in [-0.15, -0.1) is 0 Å². The number of alkyl halides is 3. The van der Waals surface area contributed by atoms with Gasteiger partial charge in [-0.2, -0.15) is 13.2 Å². The maximum atomic E-state index is 12.9. The average molecular weight is 397 g/mol. The number of aromatic nitrogens is 2. The molecule has 3 rings (SSSR count). The van der Waals surface area contributed by atoms with Crippen molar-refractivity contribution in [3.63, 3.8) is 0 Å². The molecule has 1 amide bonds. The summed E-state index contributed by atoms with van der Waals surface area (Å²) in [5.41, 5.74) is -0.825. The Morgan fingerprint density at radius 1 is 1.19 bits per heavy atom. The molecule has 0 spiro atoms. The molecule has 0 saturated heterocycles. The van der Waals surface area contributed by atoms with Crippen LogP contribution in [0.5, 0.6) is 0 Å². The van der Waals surface area contributed by atoms with Crippen LogP contribution >= 0.6 is 11.6 Å². The van der Waals surface area contributed by atoms with Gasteiger partial charge in [-0.25, -0.2) is 9.97 Å². The number of carbonyl (C=O) groups excluding carboxylic acids is 1. The standard InChI is InChI=1S/C17H12ClF3N4O2/c18-12-4-3-10(17(19,20)21)6-13(12)25-15-7-14(23-9-24-15)16(26)22-8-11-2-1-5-27-11/h1-7,9H,8H2,(H,22,26)(H,23,24,25). The number of furan rings is 1. The first kappa shape index (κ1) is 18.7. The summed E-state index contributed by atoms with van der Waals surface area (Å²) < 4.78 is 43.7. The normalized spacial score (nSPS) is 11.3. The van der Waals surface area contributed by atoms with Gasteiger partial charge in [0.25, 0.3) is 5.91 Å². The summed E-state index contributed by atoms with van der Waals surface area (Å²) in [7, 11) is 0. The number of carbonyl (C=O) groups is 1. The molecule has 2 N–H and O–H groups in total. The second-order valence-corrected chi connectivity index (χ2v) is 5.78. The van der Waals surface area contributed by atoms with Gasteiger partial charge in [0.05, 0.1) is 29.1 Å². The topological polar surface area (TPSA) is 80.0 Å². The van der Waals surface area contributed by atoms with E-state index in [1.165, 1.54) is 12.3 Å². The van der Waals surface area contributed by atoms with Crippen LogP contribution in [0.4, 0.5) is 24.7 Å². The number of benzene rings is 1. The highest BCUT2D eigenvalue weighted by molar-refractivity contribution is 6.33. The Morgan fingerprint density at radius 2 is 2.00 bits per heavy atom. The average Bonchev–Trinajstić information content (AvgIpc) is 3.14. The van der Waals surface area contributed by atoms with E-state index in [0.717, 1.165) is 24.5 Å². The van der Waals surface area contributed by atoms with Crippen molar-refractivity contribution in [2.75, 3.05) is 5.32 Å². The molecule has 0 aliphatic rings. The molecular weight excluding hydrogens is 385 g/mol. The first-order valence-electron chi connectivity index (χ1n) is 7.59. The summed E-state index contributed by atoms with van der Waals surface area (Å²) in [6.45, 7) is 0.165. The highest BCUT2D eigenvalue weighted by Gasteiger charge is 2.31. The van der Waals surface area contributed by atoms with Gasteiger partial charge < -0.3 is 15.1 Å². The molecule has 0 saturated carbocycles. The smallest absolute Gasteiger partial charge is 0.416 e. The second kappa shape index (κ2) is 7.67. The van der Waals surface area contributed by atoms with Crippen LogP contribution in [0, 0.1) is 0 Å². The molecule has 1 aromatic carbocycles. The van der Waals surface area contributed by atoms with Gasteiger partial charge in [0, 0.05) is 6.07 Å². The first-order valence-corrected chi connectivity index (χ1v) is 7.97. The summed E-state index contributed by atoms with van der Waals surface area (Å²) in [4.78, 5) is 19.9. The fourth-order valence-corrected chi connectivity index (χ4v) is 2.32. The molecule has 0 radical (unpaired) electrons. The molecule has 140 valence electrons. The van der Waals surface area contributed by atoms with Crippen molar-refractivity contribution in [3.8, 4) is 0 Å². The zero-order valence-corrected chi connectivity index (χ0v) is 14.3. The zero-order valence-electron chi connectivity index (χ0n) is 13.5. The molecule has 2 heterocycles. The predicted molar refractivity (Wildman–Crippen MR) is 91.6 cm³/mol. The number of anilines is 2. The lowest BCUT2D eigenvalue weighted by Crippen LogP contribution is -2.23. The summed E-state index contributed by atoms with van der Waals surface area (Å²) in [5, 5.41) is 5.35. The van der Waals surface area contributed by atoms with Gasteiger partial charge >= 0.3 is 6.18 Å². The van der Waals surface area contributed by atoms with E-state index in [0.29, 0.717) is 5.76 Å². The molecule has 0 unspecified atom stereocenters. The van der Waals surface area contributed by atoms with Crippen molar-refractivity contribution in [2.24, 2.45) is 0 Å². The molecule has 27 heavy (non-hydrogen) atoms. The number of nitrogens with zero attached hydrogens (tertiary/aromatic N) is 2. The third kappa shape index (κ3) is 4.76. The SMILES string of the molecule is O=C(NCc1ccco1)c1cc(Nc2cc(C(F)(F)F)ccc2Cl)ncn1. The van der Waals surface area contributed by atoms with Crippen LogP contribution < -0.4 is 10.6 Å². The van der Waals surface area contributed by atoms with Crippen molar-refractivity contribution in [3.05, 3.63) is 71.0 Å². The van der Waals surface area contributed by atoms with Crippen molar-refractivity contribution < 1.29 is 22.4 Å². The van der Waals surface area contributed by atoms with Crippen molar-refractivity contribution >= 4 is 29.0 Å². The zero-order chi connectivity index (χ0) is 19.4. The Morgan fingerprint density at radius 3 is 2.70 bits per heavy atom. The summed E-state index contributed by atoms with van der Waals surface area (Å²) in [5.74, 6) is 0.188. The van der Waals surface area contributed by atoms with Crippen LogP contribution in [0.1, 0.15) is 21.8 Å². The van der Waals surface area contributed by atoms with Gasteiger partial charge in [0.2, 0.25) is 0 Å². The largest absolute Gasteiger partial charge is 0.467 e. The van der Waals surface area contributed by atoms with E-state index in [1.807, 2.05) is 0 Å². The summed E-state index contributed by atoms with van der Waals surface area (Å²) >= 11 is 5.94. The maximum Gasteiger partial charge on any atom is 0.416 e. The minimum absolute atomic E-state index is 0.00661. The summed E-state index contributed by atoms with van der Waals surface area (Å²) in [6, 6.07) is 7.55. The Labute approximate surface area is 156 Å². The number of nitrogens with one attached hydrogen (secondary N) is 2. The van der Waals surface area contributed by atoms with Crippen LogP contribution in [0.2, 0.25) is 5.02 Å². The van der Waals surface area contributed by atoms with E-state index < -0.39 is 17.6 Å². The monoisotopic (exact) mass is 396 g/mol. The highest BCUT2D eigenvalue weighted by atomic mass is 35.5. The van der Waals surface area contributed by atoms with Crippen molar-refractivity contribution in [1.82, 2.24) is 15.3 Å². The van der Waals surface area contributed by atoms with Gasteiger partial charge in [-0.05, 0) is 30.3 Å². The van der Waals surface area contributed by atoms with Crippen molar-refractivity contribution in [1.29, 1.82) is 0 Å². The first-order chi connectivity index (χ1) is 12.8. The van der Waals surface area contributed by atoms with E-state index in [-0.39, 0.29) is 28.8 Å². The van der Waals surface area contributed by atoms with Crippen LogP contribution in [0.3, 0.4) is 0 Å². The van der Waals surface area contributed by atoms with Crippen LogP contribution in [0.15, 0.2) is 53.4 Å². The Kier molecular flexibility index (Phi) is 5.31. The molecule has 0 atom stereocenters. The van der Waals surface area contributed by atoms with Crippen LogP contribution in [-0.4, -0.2) is 15.9 Å². The quantitative estimate of drug-likeness (QED) is 0.667. The lowest BCUT2D eigenvalue weighted by Gasteiger charge is -2.12. The van der Waals surface area contributed by atoms with Gasteiger partial charge in [-0.1, -0.05) is 11.6 Å². The predicted octanol–water partition coefficient (Wildman–Crippen LogP) is 4.42. The number of rotatable bonds is 5. The Balaban J connectivity index is 1.75. The Bertz CT molecular complexity index is 946. The summed E-state index contributed by atoms with van der Waals surface area (Å²) in [6.07, 6.45) is -1.91. The van der Waals surface area contributed by atoms with E-state index in [1.54, 1.807) is 12.1 Å². The fourth-order valence-electron chi connectivity index (χ4n) is 2.16.